The first-order valence-electron chi connectivity index (χ1n) is 8.20. The predicted molar refractivity (Wildman–Crippen MR) is 96.2 cm³/mol. The Hall–Kier alpha value is -3.02. The first kappa shape index (κ1) is 19.3. The molecular weight excluding hydrogens is 334 g/mol. The summed E-state index contributed by atoms with van der Waals surface area (Å²) in [6.45, 7) is 5.76. The van der Waals surface area contributed by atoms with Crippen LogP contribution in [0.3, 0.4) is 0 Å². The van der Waals surface area contributed by atoms with Gasteiger partial charge >= 0.3 is 0 Å². The highest BCUT2D eigenvalue weighted by Gasteiger charge is 2.13. The summed E-state index contributed by atoms with van der Waals surface area (Å²) >= 11 is 0. The first-order valence-corrected chi connectivity index (χ1v) is 8.20. The molecule has 0 unspecified atom stereocenters. The molecule has 0 aromatic heterocycles. The van der Waals surface area contributed by atoms with Gasteiger partial charge in [0.25, 0.3) is 5.91 Å². The summed E-state index contributed by atoms with van der Waals surface area (Å²) in [5.41, 5.74) is 1.81. The normalized spacial score (nSPS) is 10.9. The third kappa shape index (κ3) is 6.12. The summed E-state index contributed by atoms with van der Waals surface area (Å²) in [5, 5.41) is 13.0. The van der Waals surface area contributed by atoms with E-state index in [0.29, 0.717) is 17.2 Å². The Morgan fingerprint density at radius 3 is 1.88 bits per heavy atom. The molecule has 138 valence electrons. The molecule has 0 spiro atoms. The monoisotopic (exact) mass is 356 g/mol. The summed E-state index contributed by atoms with van der Waals surface area (Å²) in [6.07, 6.45) is 0. The molecule has 6 nitrogen and oxygen atoms in total. The fraction of sp³-hybridized carbons (Fsp3) is 0.300. The van der Waals surface area contributed by atoms with E-state index in [1.54, 1.807) is 24.3 Å². The van der Waals surface area contributed by atoms with Crippen LogP contribution >= 0.6 is 0 Å². The Labute approximate surface area is 152 Å². The molecule has 0 bridgehead atoms. The number of amides is 1. The van der Waals surface area contributed by atoms with Crippen molar-refractivity contribution in [2.24, 2.45) is 0 Å². The van der Waals surface area contributed by atoms with E-state index in [2.05, 4.69) is 26.1 Å². The fourth-order valence-electron chi connectivity index (χ4n) is 2.17. The lowest BCUT2D eigenvalue weighted by Gasteiger charge is -2.19. The number of benzene rings is 2. The van der Waals surface area contributed by atoms with Crippen LogP contribution < -0.4 is 19.9 Å². The van der Waals surface area contributed by atoms with Gasteiger partial charge in [0.15, 0.2) is 6.61 Å². The molecule has 0 fully saturated rings. The van der Waals surface area contributed by atoms with Gasteiger partial charge in [0, 0.05) is 5.69 Å². The van der Waals surface area contributed by atoms with E-state index in [9.17, 15) is 14.7 Å². The number of ether oxygens (including phenoxy) is 2. The van der Waals surface area contributed by atoms with Gasteiger partial charge < -0.3 is 24.7 Å². The van der Waals surface area contributed by atoms with Crippen molar-refractivity contribution in [3.63, 3.8) is 0 Å². The maximum absolute atomic E-state index is 12.0. The third-order valence-corrected chi connectivity index (χ3v) is 3.59. The Morgan fingerprint density at radius 2 is 1.38 bits per heavy atom. The molecule has 1 N–H and O–H groups in total. The molecule has 26 heavy (non-hydrogen) atoms. The minimum atomic E-state index is -1.30. The van der Waals surface area contributed by atoms with Crippen LogP contribution in [0.25, 0.3) is 0 Å². The first-order chi connectivity index (χ1) is 12.2. The lowest BCUT2D eigenvalue weighted by Crippen LogP contribution is -2.28. The highest BCUT2D eigenvalue weighted by atomic mass is 16.5. The number of hydrogen-bond acceptors (Lipinski definition) is 5. The van der Waals surface area contributed by atoms with E-state index < -0.39 is 12.6 Å². The number of rotatable bonds is 7. The molecule has 0 aliphatic carbocycles. The molecule has 0 radical (unpaired) electrons. The molecule has 0 aliphatic rings. The van der Waals surface area contributed by atoms with Crippen molar-refractivity contribution in [2.45, 2.75) is 26.2 Å². The number of aliphatic carboxylic acids is 1. The molecule has 2 rings (SSSR count). The van der Waals surface area contributed by atoms with Crippen LogP contribution in [0.5, 0.6) is 11.5 Å². The van der Waals surface area contributed by atoms with Gasteiger partial charge in [-0.1, -0.05) is 32.9 Å². The van der Waals surface area contributed by atoms with Crippen molar-refractivity contribution in [2.75, 3.05) is 18.5 Å². The van der Waals surface area contributed by atoms with Gasteiger partial charge in [0.05, 0.1) is 5.97 Å². The van der Waals surface area contributed by atoms with Gasteiger partial charge in [-0.2, -0.15) is 0 Å². The SMILES string of the molecule is CC(C)(C)c1ccc(OCC(=O)Nc2ccc(OCC(=O)[O-])cc2)cc1. The van der Waals surface area contributed by atoms with Gasteiger partial charge in [-0.15, -0.1) is 0 Å². The van der Waals surface area contributed by atoms with Crippen LogP contribution in [-0.2, 0) is 15.0 Å². The van der Waals surface area contributed by atoms with Gasteiger partial charge in [0.1, 0.15) is 18.1 Å². The van der Waals surface area contributed by atoms with E-state index in [1.165, 1.54) is 5.56 Å². The Balaban J connectivity index is 1.82. The van der Waals surface area contributed by atoms with Crippen LogP contribution in [0.2, 0.25) is 0 Å². The second-order valence-corrected chi connectivity index (χ2v) is 6.80. The summed E-state index contributed by atoms with van der Waals surface area (Å²) < 4.78 is 10.5. The molecule has 0 atom stereocenters. The zero-order valence-electron chi connectivity index (χ0n) is 15.1. The minimum Gasteiger partial charge on any atom is -0.546 e. The van der Waals surface area contributed by atoms with Crippen molar-refractivity contribution in [1.29, 1.82) is 0 Å². The number of carbonyl (C=O) groups is 2. The fourth-order valence-corrected chi connectivity index (χ4v) is 2.17. The number of anilines is 1. The number of carboxylic acid groups (broad SMARTS) is 1. The Bertz CT molecular complexity index is 745. The Morgan fingerprint density at radius 1 is 0.885 bits per heavy atom. The van der Waals surface area contributed by atoms with Crippen LogP contribution in [0, 0.1) is 0 Å². The van der Waals surface area contributed by atoms with Gasteiger partial charge in [0.2, 0.25) is 0 Å². The quantitative estimate of drug-likeness (QED) is 0.821. The second-order valence-electron chi connectivity index (χ2n) is 6.80. The van der Waals surface area contributed by atoms with Crippen molar-refractivity contribution < 1.29 is 24.2 Å². The smallest absolute Gasteiger partial charge is 0.262 e. The number of hydrogen-bond donors (Lipinski definition) is 1. The van der Waals surface area contributed by atoms with E-state index >= 15 is 0 Å². The van der Waals surface area contributed by atoms with E-state index in [0.717, 1.165) is 0 Å². The Kier molecular flexibility index (Phi) is 6.22. The molecule has 2 aromatic carbocycles. The van der Waals surface area contributed by atoms with Crippen LogP contribution in [0.4, 0.5) is 5.69 Å². The maximum Gasteiger partial charge on any atom is 0.262 e. The summed E-state index contributed by atoms with van der Waals surface area (Å²) in [4.78, 5) is 22.3. The molecule has 0 heterocycles. The topological polar surface area (TPSA) is 87.7 Å². The largest absolute Gasteiger partial charge is 0.546 e. The molecule has 2 aromatic rings. The zero-order valence-corrected chi connectivity index (χ0v) is 15.1. The third-order valence-electron chi connectivity index (χ3n) is 3.59. The minimum absolute atomic E-state index is 0.0623. The van der Waals surface area contributed by atoms with Gasteiger partial charge in [-0.25, -0.2) is 0 Å². The average Bonchev–Trinajstić information content (AvgIpc) is 2.59. The molecule has 6 heteroatoms. The molecular formula is C20H22NO5-. The summed E-state index contributed by atoms with van der Waals surface area (Å²) in [7, 11) is 0. The maximum atomic E-state index is 12.0. The highest BCUT2D eigenvalue weighted by molar-refractivity contribution is 5.91. The molecule has 1 amide bonds. The van der Waals surface area contributed by atoms with Gasteiger partial charge in [-0.05, 0) is 47.4 Å². The summed E-state index contributed by atoms with van der Waals surface area (Å²) in [5.74, 6) is -0.593. The van der Waals surface area contributed by atoms with Crippen molar-refractivity contribution in [3.05, 3.63) is 54.1 Å². The highest BCUT2D eigenvalue weighted by Crippen LogP contribution is 2.24. The molecule has 0 saturated heterocycles. The van der Waals surface area contributed by atoms with Crippen LogP contribution in [0.1, 0.15) is 26.3 Å². The average molecular weight is 356 g/mol. The van der Waals surface area contributed by atoms with Crippen LogP contribution in [0.15, 0.2) is 48.5 Å². The number of nitrogens with one attached hydrogen (secondary N) is 1. The molecule has 0 saturated carbocycles. The van der Waals surface area contributed by atoms with Crippen LogP contribution in [-0.4, -0.2) is 25.1 Å². The lowest BCUT2D eigenvalue weighted by molar-refractivity contribution is -0.307. The summed E-state index contributed by atoms with van der Waals surface area (Å²) in [6, 6.07) is 14.0. The number of carbonyl (C=O) groups excluding carboxylic acids is 2. The van der Waals surface area contributed by atoms with E-state index in [-0.39, 0.29) is 17.9 Å². The lowest BCUT2D eigenvalue weighted by atomic mass is 9.87. The van der Waals surface area contributed by atoms with Gasteiger partial charge in [-0.3, -0.25) is 4.79 Å². The van der Waals surface area contributed by atoms with E-state index in [1.807, 2.05) is 24.3 Å². The van der Waals surface area contributed by atoms with E-state index in [4.69, 9.17) is 9.47 Å². The number of carboxylic acids is 1. The van der Waals surface area contributed by atoms with Crippen molar-refractivity contribution in [3.8, 4) is 11.5 Å². The zero-order chi connectivity index (χ0) is 19.2. The molecule has 0 aliphatic heterocycles. The van der Waals surface area contributed by atoms with Crippen molar-refractivity contribution >= 4 is 17.6 Å². The van der Waals surface area contributed by atoms with Crippen molar-refractivity contribution in [1.82, 2.24) is 0 Å². The second kappa shape index (κ2) is 8.38. The predicted octanol–water partition coefficient (Wildman–Crippen LogP) is 2.13. The standard InChI is InChI=1S/C20H23NO5/c1-20(2,3)14-4-8-16(9-5-14)25-12-18(22)21-15-6-10-17(11-7-15)26-13-19(23)24/h4-11H,12-13H2,1-3H3,(H,21,22)(H,23,24)/p-1.